The molecule has 2 aromatic rings. The lowest BCUT2D eigenvalue weighted by Crippen LogP contribution is -2.43. The second-order valence-electron chi connectivity index (χ2n) is 9.63. The molecule has 0 aromatic heterocycles. The molecule has 34 heavy (non-hydrogen) atoms. The number of rotatable bonds is 9. The van der Waals surface area contributed by atoms with Gasteiger partial charge in [0, 0.05) is 11.3 Å². The first-order valence-electron chi connectivity index (χ1n) is 11.7. The number of aryl methyl sites for hydroxylation is 2. The third-order valence-electron chi connectivity index (χ3n) is 5.94. The molecule has 1 aliphatic rings. The van der Waals surface area contributed by atoms with Crippen molar-refractivity contribution in [2.24, 2.45) is 0 Å². The average molecular weight is 483 g/mol. The van der Waals surface area contributed by atoms with Gasteiger partial charge in [-0.05, 0) is 84.1 Å². The molecule has 182 valence electrons. The van der Waals surface area contributed by atoms with E-state index in [0.29, 0.717) is 23.4 Å². The van der Waals surface area contributed by atoms with Crippen molar-refractivity contribution >= 4 is 35.2 Å². The van der Waals surface area contributed by atoms with Crippen LogP contribution in [0, 0.1) is 0 Å². The molecule has 2 aromatic carbocycles. The molecule has 2 amide bonds. The third kappa shape index (κ3) is 7.10. The van der Waals surface area contributed by atoms with E-state index in [2.05, 4.69) is 31.4 Å². The van der Waals surface area contributed by atoms with Crippen LogP contribution >= 0.6 is 11.8 Å². The van der Waals surface area contributed by atoms with E-state index in [9.17, 15) is 14.4 Å². The van der Waals surface area contributed by atoms with Crippen LogP contribution in [-0.4, -0.2) is 42.4 Å². The Labute approximate surface area is 206 Å². The lowest BCUT2D eigenvalue weighted by molar-refractivity contribution is -0.149. The lowest BCUT2D eigenvalue weighted by Gasteiger charge is -2.20. The number of anilines is 1. The highest BCUT2D eigenvalue weighted by molar-refractivity contribution is 7.98. The van der Waals surface area contributed by atoms with Crippen molar-refractivity contribution in [3.8, 4) is 0 Å². The van der Waals surface area contributed by atoms with Gasteiger partial charge in [-0.3, -0.25) is 9.59 Å². The van der Waals surface area contributed by atoms with E-state index < -0.39 is 24.5 Å². The Morgan fingerprint density at radius 2 is 1.74 bits per heavy atom. The zero-order chi connectivity index (χ0) is 24.7. The Morgan fingerprint density at radius 1 is 1.03 bits per heavy atom. The van der Waals surface area contributed by atoms with E-state index in [1.54, 1.807) is 23.9 Å². The summed E-state index contributed by atoms with van der Waals surface area (Å²) in [6.45, 7) is 5.92. The van der Waals surface area contributed by atoms with Crippen LogP contribution in [0.3, 0.4) is 0 Å². The van der Waals surface area contributed by atoms with Gasteiger partial charge in [-0.15, -0.1) is 0 Å². The molecule has 1 aliphatic carbocycles. The molecule has 0 saturated heterocycles. The minimum Gasteiger partial charge on any atom is -0.454 e. The molecule has 0 unspecified atom stereocenters. The summed E-state index contributed by atoms with van der Waals surface area (Å²) in [6.07, 6.45) is 5.57. The number of esters is 1. The number of carbonyl (C=O) groups excluding carboxylic acids is 3. The van der Waals surface area contributed by atoms with Gasteiger partial charge >= 0.3 is 5.97 Å². The molecule has 0 radical (unpaired) electrons. The summed E-state index contributed by atoms with van der Waals surface area (Å²) >= 11 is 1.57. The number of amides is 2. The second kappa shape index (κ2) is 11.6. The molecule has 0 aliphatic heterocycles. The summed E-state index contributed by atoms with van der Waals surface area (Å²) in [7, 11) is 0. The van der Waals surface area contributed by atoms with Gasteiger partial charge in [-0.2, -0.15) is 11.8 Å². The molecule has 6 nitrogen and oxygen atoms in total. The number of hydrogen-bond donors (Lipinski definition) is 2. The smallest absolute Gasteiger partial charge is 0.329 e. The maximum Gasteiger partial charge on any atom is 0.329 e. The minimum atomic E-state index is -0.824. The maximum absolute atomic E-state index is 12.8. The summed E-state index contributed by atoms with van der Waals surface area (Å²) in [4.78, 5) is 37.8. The topological polar surface area (TPSA) is 84.5 Å². The number of ether oxygens (including phenoxy) is 1. The van der Waals surface area contributed by atoms with Gasteiger partial charge in [0.1, 0.15) is 6.04 Å². The predicted molar refractivity (Wildman–Crippen MR) is 137 cm³/mol. The zero-order valence-corrected chi connectivity index (χ0v) is 21.2. The van der Waals surface area contributed by atoms with Gasteiger partial charge in [-0.1, -0.05) is 39.0 Å². The van der Waals surface area contributed by atoms with Crippen LogP contribution in [0.1, 0.15) is 60.7 Å². The van der Waals surface area contributed by atoms with Crippen LogP contribution in [0.25, 0.3) is 0 Å². The van der Waals surface area contributed by atoms with Crippen molar-refractivity contribution in [2.75, 3.05) is 23.9 Å². The highest BCUT2D eigenvalue weighted by atomic mass is 32.2. The van der Waals surface area contributed by atoms with E-state index in [0.717, 1.165) is 24.8 Å². The van der Waals surface area contributed by atoms with Crippen molar-refractivity contribution in [3.05, 3.63) is 64.7 Å². The highest BCUT2D eigenvalue weighted by Crippen LogP contribution is 2.25. The molecular formula is C27H34N2O4S. The Kier molecular flexibility index (Phi) is 8.78. The van der Waals surface area contributed by atoms with Crippen LogP contribution < -0.4 is 10.6 Å². The largest absolute Gasteiger partial charge is 0.454 e. The summed E-state index contributed by atoms with van der Waals surface area (Å²) in [5.74, 6) is -0.687. The zero-order valence-electron chi connectivity index (χ0n) is 20.4. The third-order valence-corrected chi connectivity index (χ3v) is 6.59. The van der Waals surface area contributed by atoms with Crippen LogP contribution in [0.15, 0.2) is 42.5 Å². The average Bonchev–Trinajstić information content (AvgIpc) is 3.27. The van der Waals surface area contributed by atoms with Crippen molar-refractivity contribution in [3.63, 3.8) is 0 Å². The quantitative estimate of drug-likeness (QED) is 0.514. The summed E-state index contributed by atoms with van der Waals surface area (Å²) in [5.41, 5.74) is 4.86. The van der Waals surface area contributed by atoms with Crippen molar-refractivity contribution in [1.82, 2.24) is 5.32 Å². The summed E-state index contributed by atoms with van der Waals surface area (Å²) < 4.78 is 5.25. The number of hydrogen-bond acceptors (Lipinski definition) is 5. The standard InChI is InChI=1S/C27H34N2O4S/c1-27(2,3)21-11-8-19(9-12-21)25(31)29-23(14-15-34-4)26(32)33-17-24(30)28-22-13-10-18-6-5-7-20(18)16-22/h8-13,16,23H,5-7,14-15,17H2,1-4H3,(H,28,30)(H,29,31)/t23-/m1/s1. The monoisotopic (exact) mass is 482 g/mol. The Hall–Kier alpha value is -2.80. The Morgan fingerprint density at radius 3 is 2.41 bits per heavy atom. The van der Waals surface area contributed by atoms with Crippen molar-refractivity contribution < 1.29 is 19.1 Å². The fourth-order valence-electron chi connectivity index (χ4n) is 3.93. The van der Waals surface area contributed by atoms with E-state index in [1.807, 2.05) is 36.6 Å². The fraction of sp³-hybridized carbons (Fsp3) is 0.444. The molecule has 2 N–H and O–H groups in total. The summed E-state index contributed by atoms with van der Waals surface area (Å²) in [5, 5.41) is 5.55. The highest BCUT2D eigenvalue weighted by Gasteiger charge is 2.24. The Bertz CT molecular complexity index is 1030. The van der Waals surface area contributed by atoms with Gasteiger partial charge in [-0.25, -0.2) is 4.79 Å². The van der Waals surface area contributed by atoms with Crippen LogP contribution in [0.4, 0.5) is 5.69 Å². The van der Waals surface area contributed by atoms with Crippen LogP contribution in [0.2, 0.25) is 0 Å². The molecule has 0 saturated carbocycles. The first kappa shape index (κ1) is 25.8. The van der Waals surface area contributed by atoms with Crippen LogP contribution in [-0.2, 0) is 32.6 Å². The second-order valence-corrected chi connectivity index (χ2v) is 10.6. The van der Waals surface area contributed by atoms with Gasteiger partial charge in [0.2, 0.25) is 0 Å². The normalized spacial score (nSPS) is 13.6. The molecule has 1 atom stereocenters. The maximum atomic E-state index is 12.8. The number of nitrogens with one attached hydrogen (secondary N) is 2. The molecule has 0 heterocycles. The molecule has 0 bridgehead atoms. The molecule has 0 fully saturated rings. The van der Waals surface area contributed by atoms with E-state index in [-0.39, 0.29) is 11.3 Å². The van der Waals surface area contributed by atoms with E-state index >= 15 is 0 Å². The van der Waals surface area contributed by atoms with Crippen molar-refractivity contribution in [1.29, 1.82) is 0 Å². The van der Waals surface area contributed by atoms with Gasteiger partial charge < -0.3 is 15.4 Å². The Balaban J connectivity index is 1.55. The van der Waals surface area contributed by atoms with Gasteiger partial charge in [0.25, 0.3) is 11.8 Å². The number of thioether (sulfide) groups is 1. The lowest BCUT2D eigenvalue weighted by atomic mass is 9.86. The molecular weight excluding hydrogens is 448 g/mol. The number of fused-ring (bicyclic) bond motifs is 1. The van der Waals surface area contributed by atoms with Crippen molar-refractivity contribution in [2.45, 2.75) is 57.9 Å². The summed E-state index contributed by atoms with van der Waals surface area (Å²) in [6, 6.07) is 12.4. The van der Waals surface area contributed by atoms with E-state index in [1.165, 1.54) is 11.1 Å². The predicted octanol–water partition coefficient (Wildman–Crippen LogP) is 4.51. The number of carbonyl (C=O) groups is 3. The fourth-order valence-corrected chi connectivity index (χ4v) is 4.40. The molecule has 0 spiro atoms. The SMILES string of the molecule is CSCC[C@@H](NC(=O)c1ccc(C(C)(C)C)cc1)C(=O)OCC(=O)Nc1ccc2c(c1)CCC2. The molecule has 7 heteroatoms. The van der Waals surface area contributed by atoms with E-state index in [4.69, 9.17) is 4.74 Å². The first-order valence-corrected chi connectivity index (χ1v) is 13.1. The van der Waals surface area contributed by atoms with Gasteiger partial charge in [0.15, 0.2) is 6.61 Å². The first-order chi connectivity index (χ1) is 16.2. The minimum absolute atomic E-state index is 0.0138. The van der Waals surface area contributed by atoms with Gasteiger partial charge in [0.05, 0.1) is 0 Å². The van der Waals surface area contributed by atoms with Crippen LogP contribution in [0.5, 0.6) is 0 Å². The number of benzene rings is 2. The molecule has 3 rings (SSSR count).